The van der Waals surface area contributed by atoms with Crippen LogP contribution in [0.2, 0.25) is 0 Å². The summed E-state index contributed by atoms with van der Waals surface area (Å²) < 4.78 is 1.17. The fraction of sp³-hybridized carbons (Fsp3) is 0.571. The van der Waals surface area contributed by atoms with Gasteiger partial charge >= 0.3 is 0 Å². The molecule has 1 aliphatic heterocycles. The van der Waals surface area contributed by atoms with Crippen LogP contribution in [0.25, 0.3) is 0 Å². The Balaban J connectivity index is 1.85. The van der Waals surface area contributed by atoms with Crippen molar-refractivity contribution in [3.63, 3.8) is 0 Å². The number of halogens is 1. The monoisotopic (exact) mass is 311 g/mol. The molecule has 1 fully saturated rings. The van der Waals surface area contributed by atoms with Crippen LogP contribution in [-0.2, 0) is 0 Å². The Morgan fingerprint density at radius 2 is 2.11 bits per heavy atom. The number of likely N-dealkylation sites (tertiary alicyclic amines) is 1. The Hall–Kier alpha value is -0.580. The Bertz CT molecular complexity index is 387. The largest absolute Gasteiger partial charge is 0.382 e. The molecule has 1 heterocycles. The molecule has 1 saturated heterocycles. The summed E-state index contributed by atoms with van der Waals surface area (Å²) in [6, 6.07) is 7.07. The van der Waals surface area contributed by atoms with Crippen LogP contribution < -0.4 is 11.1 Å². The number of rotatable bonds is 4. The third-order valence-electron chi connectivity index (χ3n) is 3.58. The summed E-state index contributed by atoms with van der Waals surface area (Å²) in [7, 11) is 0. The minimum Gasteiger partial charge on any atom is -0.382 e. The second kappa shape index (κ2) is 6.55. The highest BCUT2D eigenvalue weighted by molar-refractivity contribution is 9.10. The number of hydrogen-bond acceptors (Lipinski definition) is 3. The third kappa shape index (κ3) is 3.70. The molecular weight excluding hydrogens is 290 g/mol. The molecule has 1 aromatic carbocycles. The number of hydrogen-bond donors (Lipinski definition) is 2. The lowest BCUT2D eigenvalue weighted by atomic mass is 10.0. The molecule has 3 N–H and O–H groups in total. The molecule has 4 heteroatoms. The lowest BCUT2D eigenvalue weighted by Crippen LogP contribution is -2.41. The van der Waals surface area contributed by atoms with Crippen molar-refractivity contribution < 1.29 is 0 Å². The molecule has 0 amide bonds. The quantitative estimate of drug-likeness (QED) is 0.898. The van der Waals surface area contributed by atoms with E-state index in [-0.39, 0.29) is 0 Å². The second-order valence-corrected chi connectivity index (χ2v) is 5.87. The van der Waals surface area contributed by atoms with E-state index in [4.69, 9.17) is 5.73 Å². The normalized spacial score (nSPS) is 17.9. The van der Waals surface area contributed by atoms with Gasteiger partial charge in [0, 0.05) is 42.4 Å². The molecule has 0 unspecified atom stereocenters. The average Bonchev–Trinajstić information content (AvgIpc) is 2.37. The van der Waals surface area contributed by atoms with Gasteiger partial charge in [0.05, 0.1) is 0 Å². The molecule has 0 radical (unpaired) electrons. The zero-order valence-corrected chi connectivity index (χ0v) is 12.5. The van der Waals surface area contributed by atoms with Crippen LogP contribution in [-0.4, -0.2) is 37.1 Å². The van der Waals surface area contributed by atoms with Crippen molar-refractivity contribution in [1.82, 2.24) is 4.90 Å². The fourth-order valence-corrected chi connectivity index (χ4v) is 2.78. The van der Waals surface area contributed by atoms with Gasteiger partial charge in [0.2, 0.25) is 0 Å². The Morgan fingerprint density at radius 3 is 2.72 bits per heavy atom. The minimum absolute atomic E-state index is 0.591. The van der Waals surface area contributed by atoms with Crippen molar-refractivity contribution >= 4 is 21.6 Å². The van der Waals surface area contributed by atoms with Crippen LogP contribution in [0.3, 0.4) is 0 Å². The van der Waals surface area contributed by atoms with Crippen molar-refractivity contribution in [1.29, 1.82) is 0 Å². The van der Waals surface area contributed by atoms with Crippen molar-refractivity contribution in [2.45, 2.75) is 25.8 Å². The summed E-state index contributed by atoms with van der Waals surface area (Å²) in [6.07, 6.45) is 2.40. The number of piperidine rings is 1. The summed E-state index contributed by atoms with van der Waals surface area (Å²) in [4.78, 5) is 2.45. The molecular formula is C14H22BrN3. The van der Waals surface area contributed by atoms with E-state index >= 15 is 0 Å². The van der Waals surface area contributed by atoms with E-state index in [2.05, 4.69) is 51.3 Å². The van der Waals surface area contributed by atoms with Gasteiger partial charge in [0.1, 0.15) is 0 Å². The van der Waals surface area contributed by atoms with Crippen LogP contribution in [0.4, 0.5) is 5.69 Å². The molecule has 100 valence electrons. The van der Waals surface area contributed by atoms with Crippen LogP contribution in [0.15, 0.2) is 22.7 Å². The van der Waals surface area contributed by atoms with E-state index in [9.17, 15) is 0 Å². The Morgan fingerprint density at radius 1 is 1.39 bits per heavy atom. The van der Waals surface area contributed by atoms with E-state index in [1.165, 1.54) is 28.6 Å². The van der Waals surface area contributed by atoms with Gasteiger partial charge in [-0.15, -0.1) is 0 Å². The smallest absolute Gasteiger partial charge is 0.0353 e. The first-order valence-corrected chi connectivity index (χ1v) is 7.43. The summed E-state index contributed by atoms with van der Waals surface area (Å²) in [5.41, 5.74) is 8.07. The van der Waals surface area contributed by atoms with E-state index in [0.717, 1.165) is 26.2 Å². The van der Waals surface area contributed by atoms with Gasteiger partial charge in [-0.1, -0.05) is 22.0 Å². The summed E-state index contributed by atoms with van der Waals surface area (Å²) in [5, 5.41) is 3.62. The number of benzene rings is 1. The van der Waals surface area contributed by atoms with E-state index < -0.39 is 0 Å². The first-order chi connectivity index (χ1) is 8.69. The van der Waals surface area contributed by atoms with Crippen molar-refractivity contribution in [2.24, 2.45) is 5.73 Å². The van der Waals surface area contributed by atoms with Crippen molar-refractivity contribution in [2.75, 3.05) is 31.5 Å². The molecule has 0 aromatic heterocycles. The number of nitrogens with two attached hydrogens (primary N) is 1. The van der Waals surface area contributed by atoms with E-state index in [0.29, 0.717) is 6.04 Å². The van der Waals surface area contributed by atoms with Gasteiger partial charge in [-0.25, -0.2) is 0 Å². The average molecular weight is 312 g/mol. The number of nitrogens with one attached hydrogen (secondary N) is 1. The number of aryl methyl sites for hydroxylation is 1. The topological polar surface area (TPSA) is 41.3 Å². The lowest BCUT2D eigenvalue weighted by molar-refractivity contribution is 0.224. The zero-order valence-electron chi connectivity index (χ0n) is 11.0. The van der Waals surface area contributed by atoms with Crippen LogP contribution in [0, 0.1) is 6.92 Å². The molecule has 0 atom stereocenters. The van der Waals surface area contributed by atoms with E-state index in [1.807, 2.05) is 0 Å². The molecule has 2 rings (SSSR count). The van der Waals surface area contributed by atoms with Crippen molar-refractivity contribution in [3.8, 4) is 0 Å². The predicted molar refractivity (Wildman–Crippen MR) is 81.0 cm³/mol. The van der Waals surface area contributed by atoms with E-state index in [1.54, 1.807) is 0 Å². The zero-order chi connectivity index (χ0) is 13.0. The highest BCUT2D eigenvalue weighted by Crippen LogP contribution is 2.23. The molecule has 0 aliphatic carbocycles. The second-order valence-electron chi connectivity index (χ2n) is 5.01. The standard InChI is InChI=1S/C14H22BrN3/c1-11-2-3-13(10-14(11)15)17-12-4-7-18(8-5-12)9-6-16/h2-3,10,12,17H,4-9,16H2,1H3. The molecule has 1 aliphatic rings. The summed E-state index contributed by atoms with van der Waals surface area (Å²) in [5.74, 6) is 0. The summed E-state index contributed by atoms with van der Waals surface area (Å²) in [6.45, 7) is 6.22. The third-order valence-corrected chi connectivity index (χ3v) is 4.43. The fourth-order valence-electron chi connectivity index (χ4n) is 2.40. The Kier molecular flexibility index (Phi) is 5.03. The maximum absolute atomic E-state index is 5.59. The maximum Gasteiger partial charge on any atom is 0.0353 e. The highest BCUT2D eigenvalue weighted by atomic mass is 79.9. The number of nitrogens with zero attached hydrogens (tertiary/aromatic N) is 1. The predicted octanol–water partition coefficient (Wildman–Crippen LogP) is 2.59. The maximum atomic E-state index is 5.59. The molecule has 18 heavy (non-hydrogen) atoms. The summed E-state index contributed by atoms with van der Waals surface area (Å²) >= 11 is 3.58. The van der Waals surface area contributed by atoms with Crippen molar-refractivity contribution in [3.05, 3.63) is 28.2 Å². The first-order valence-electron chi connectivity index (χ1n) is 6.64. The molecule has 0 saturated carbocycles. The molecule has 1 aromatic rings. The minimum atomic E-state index is 0.591. The van der Waals surface area contributed by atoms with Crippen LogP contribution in [0.5, 0.6) is 0 Å². The van der Waals surface area contributed by atoms with Gasteiger partial charge in [0.15, 0.2) is 0 Å². The SMILES string of the molecule is Cc1ccc(NC2CCN(CCN)CC2)cc1Br. The molecule has 0 spiro atoms. The molecule has 3 nitrogen and oxygen atoms in total. The lowest BCUT2D eigenvalue weighted by Gasteiger charge is -2.32. The molecule has 0 bridgehead atoms. The van der Waals surface area contributed by atoms with Crippen LogP contribution >= 0.6 is 15.9 Å². The van der Waals surface area contributed by atoms with Gasteiger partial charge in [-0.3, -0.25) is 0 Å². The number of anilines is 1. The Labute approximate surface area is 118 Å². The van der Waals surface area contributed by atoms with Crippen LogP contribution in [0.1, 0.15) is 18.4 Å². The van der Waals surface area contributed by atoms with Gasteiger partial charge in [0.25, 0.3) is 0 Å². The first kappa shape index (κ1) is 13.8. The van der Waals surface area contributed by atoms with Gasteiger partial charge in [-0.05, 0) is 37.5 Å². The van der Waals surface area contributed by atoms with Gasteiger partial charge in [-0.2, -0.15) is 0 Å². The highest BCUT2D eigenvalue weighted by Gasteiger charge is 2.18. The van der Waals surface area contributed by atoms with Gasteiger partial charge < -0.3 is 16.0 Å².